The van der Waals surface area contributed by atoms with Crippen LogP contribution in [0.4, 0.5) is 4.79 Å². The van der Waals surface area contributed by atoms with E-state index in [2.05, 4.69) is 4.98 Å². The Hall–Kier alpha value is -2.15. The van der Waals surface area contributed by atoms with E-state index in [1.807, 2.05) is 4.90 Å². The molecule has 7 nitrogen and oxygen atoms in total. The zero-order chi connectivity index (χ0) is 16.4. The Labute approximate surface area is 135 Å². The molecule has 23 heavy (non-hydrogen) atoms. The lowest BCUT2D eigenvalue weighted by molar-refractivity contribution is 0.0712. The third kappa shape index (κ3) is 3.14. The second-order valence-corrected chi connectivity index (χ2v) is 6.10. The summed E-state index contributed by atoms with van der Waals surface area (Å²) in [5.74, 6) is 0.0211. The van der Waals surface area contributed by atoms with Crippen molar-refractivity contribution in [1.29, 1.82) is 0 Å². The quantitative estimate of drug-likeness (QED) is 0.826. The van der Waals surface area contributed by atoms with Crippen LogP contribution in [0, 0.1) is 0 Å². The van der Waals surface area contributed by atoms with Gasteiger partial charge in [-0.3, -0.25) is 9.78 Å². The van der Waals surface area contributed by atoms with Crippen molar-refractivity contribution in [3.8, 4) is 0 Å². The molecule has 7 heteroatoms. The van der Waals surface area contributed by atoms with Crippen molar-refractivity contribution in [1.82, 2.24) is 14.8 Å². The molecule has 1 saturated heterocycles. The molecule has 3 rings (SSSR count). The minimum absolute atomic E-state index is 0.0211. The van der Waals surface area contributed by atoms with Crippen molar-refractivity contribution in [3.63, 3.8) is 0 Å². The Kier molecular flexibility index (Phi) is 4.47. The van der Waals surface area contributed by atoms with Crippen molar-refractivity contribution in [2.75, 3.05) is 26.7 Å². The Balaban J connectivity index is 1.80. The first-order valence-corrected chi connectivity index (χ1v) is 7.93. The number of likely N-dealkylation sites (tertiary alicyclic amines) is 1. The van der Waals surface area contributed by atoms with Crippen molar-refractivity contribution in [3.05, 3.63) is 29.1 Å². The molecule has 0 bridgehead atoms. The first-order chi connectivity index (χ1) is 11.1. The lowest BCUT2D eigenvalue weighted by atomic mass is 9.96. The number of fused-ring (bicyclic) bond motifs is 1. The Morgan fingerprint density at radius 2 is 1.96 bits per heavy atom. The van der Waals surface area contributed by atoms with Crippen molar-refractivity contribution < 1.29 is 14.3 Å². The Morgan fingerprint density at radius 1 is 1.22 bits per heavy atom. The van der Waals surface area contributed by atoms with Gasteiger partial charge in [-0.1, -0.05) is 0 Å². The topological polar surface area (TPSA) is 88.8 Å². The van der Waals surface area contributed by atoms with Crippen LogP contribution in [0.25, 0.3) is 0 Å². The van der Waals surface area contributed by atoms with E-state index in [9.17, 15) is 9.59 Å². The summed E-state index contributed by atoms with van der Waals surface area (Å²) in [6.07, 6.45) is 5.34. The number of nitrogens with two attached hydrogens (primary N) is 1. The molecule has 1 fully saturated rings. The van der Waals surface area contributed by atoms with Crippen LogP contribution in [0.2, 0.25) is 0 Å². The molecule has 1 aromatic rings. The van der Waals surface area contributed by atoms with Gasteiger partial charge in [-0.05, 0) is 30.4 Å². The number of pyridine rings is 1. The maximum atomic E-state index is 12.8. The Morgan fingerprint density at radius 3 is 2.65 bits per heavy atom. The van der Waals surface area contributed by atoms with Crippen LogP contribution in [0.5, 0.6) is 0 Å². The summed E-state index contributed by atoms with van der Waals surface area (Å²) in [4.78, 5) is 32.1. The maximum Gasteiger partial charge on any atom is 0.409 e. The number of rotatable bonds is 1. The first-order valence-electron chi connectivity index (χ1n) is 7.93. The summed E-state index contributed by atoms with van der Waals surface area (Å²) in [7, 11) is 1.37. The monoisotopic (exact) mass is 318 g/mol. The zero-order valence-corrected chi connectivity index (χ0v) is 13.3. The summed E-state index contributed by atoms with van der Waals surface area (Å²) in [6, 6.07) is 0.190. The van der Waals surface area contributed by atoms with Crippen LogP contribution in [0.3, 0.4) is 0 Å². The number of hydrogen-bond acceptors (Lipinski definition) is 5. The van der Waals surface area contributed by atoms with Gasteiger partial charge in [0.05, 0.1) is 19.2 Å². The average Bonchev–Trinajstić information content (AvgIpc) is 2.60. The van der Waals surface area contributed by atoms with E-state index in [1.165, 1.54) is 7.11 Å². The SMILES string of the molecule is COC(=O)N1CCc2c(cncc2C(=O)N2CCC(N)CC2)C1. The first kappa shape index (κ1) is 15.7. The maximum absolute atomic E-state index is 12.8. The molecular weight excluding hydrogens is 296 g/mol. The van der Waals surface area contributed by atoms with Crippen LogP contribution in [-0.4, -0.2) is 59.6 Å². The van der Waals surface area contributed by atoms with Gasteiger partial charge in [-0.2, -0.15) is 0 Å². The molecule has 2 aliphatic heterocycles. The second kappa shape index (κ2) is 6.54. The average molecular weight is 318 g/mol. The molecule has 0 atom stereocenters. The van der Waals surface area contributed by atoms with Gasteiger partial charge < -0.3 is 20.3 Å². The summed E-state index contributed by atoms with van der Waals surface area (Å²) in [5.41, 5.74) is 8.48. The summed E-state index contributed by atoms with van der Waals surface area (Å²) >= 11 is 0. The molecule has 124 valence electrons. The second-order valence-electron chi connectivity index (χ2n) is 6.10. The van der Waals surface area contributed by atoms with Crippen LogP contribution in [0.1, 0.15) is 34.3 Å². The van der Waals surface area contributed by atoms with Crippen molar-refractivity contribution >= 4 is 12.0 Å². The van der Waals surface area contributed by atoms with Crippen LogP contribution in [0.15, 0.2) is 12.4 Å². The van der Waals surface area contributed by atoms with Gasteiger partial charge in [-0.15, -0.1) is 0 Å². The van der Waals surface area contributed by atoms with Crippen LogP contribution in [-0.2, 0) is 17.7 Å². The van der Waals surface area contributed by atoms with E-state index >= 15 is 0 Å². The summed E-state index contributed by atoms with van der Waals surface area (Å²) < 4.78 is 4.77. The van der Waals surface area contributed by atoms with Gasteiger partial charge in [0.2, 0.25) is 0 Å². The van der Waals surface area contributed by atoms with Gasteiger partial charge in [0.1, 0.15) is 0 Å². The third-order valence-electron chi connectivity index (χ3n) is 4.63. The molecule has 2 N–H and O–H groups in total. The molecule has 0 spiro atoms. The summed E-state index contributed by atoms with van der Waals surface area (Å²) in [6.45, 7) is 2.37. The van der Waals surface area contributed by atoms with Gasteiger partial charge in [-0.25, -0.2) is 4.79 Å². The summed E-state index contributed by atoms with van der Waals surface area (Å²) in [5, 5.41) is 0. The smallest absolute Gasteiger partial charge is 0.409 e. The highest BCUT2D eigenvalue weighted by molar-refractivity contribution is 5.96. The predicted molar refractivity (Wildman–Crippen MR) is 83.9 cm³/mol. The number of amides is 2. The molecule has 0 aliphatic carbocycles. The molecule has 2 amide bonds. The number of aromatic nitrogens is 1. The Bertz CT molecular complexity index is 611. The minimum atomic E-state index is -0.350. The number of nitrogens with zero attached hydrogens (tertiary/aromatic N) is 3. The van der Waals surface area contributed by atoms with Gasteiger partial charge in [0, 0.05) is 38.1 Å². The normalized spacial score (nSPS) is 18.5. The molecule has 0 radical (unpaired) electrons. The van der Waals surface area contributed by atoms with E-state index < -0.39 is 0 Å². The highest BCUT2D eigenvalue weighted by Crippen LogP contribution is 2.24. The van der Waals surface area contributed by atoms with Gasteiger partial charge in [0.15, 0.2) is 0 Å². The molecule has 2 aliphatic rings. The lowest BCUT2D eigenvalue weighted by Crippen LogP contribution is -2.43. The highest BCUT2D eigenvalue weighted by Gasteiger charge is 2.28. The van der Waals surface area contributed by atoms with E-state index in [4.69, 9.17) is 10.5 Å². The number of carbonyl (C=O) groups excluding carboxylic acids is 2. The number of ether oxygens (including phenoxy) is 1. The highest BCUT2D eigenvalue weighted by atomic mass is 16.5. The molecule has 1 aromatic heterocycles. The largest absolute Gasteiger partial charge is 0.453 e. The van der Waals surface area contributed by atoms with Gasteiger partial charge >= 0.3 is 6.09 Å². The molecule has 0 unspecified atom stereocenters. The lowest BCUT2D eigenvalue weighted by Gasteiger charge is -2.32. The fraction of sp³-hybridized carbons (Fsp3) is 0.562. The number of methoxy groups -OCH3 is 1. The number of piperidine rings is 1. The van der Waals surface area contributed by atoms with Crippen molar-refractivity contribution in [2.24, 2.45) is 5.73 Å². The molecular formula is C16H22N4O3. The zero-order valence-electron chi connectivity index (χ0n) is 13.3. The minimum Gasteiger partial charge on any atom is -0.453 e. The molecule has 3 heterocycles. The van der Waals surface area contributed by atoms with Crippen molar-refractivity contribution in [2.45, 2.75) is 31.8 Å². The van der Waals surface area contributed by atoms with E-state index in [1.54, 1.807) is 17.3 Å². The fourth-order valence-electron chi connectivity index (χ4n) is 3.24. The fourth-order valence-corrected chi connectivity index (χ4v) is 3.24. The van der Waals surface area contributed by atoms with Crippen LogP contribution < -0.4 is 5.73 Å². The van der Waals surface area contributed by atoms with E-state index in [0.717, 1.165) is 24.0 Å². The number of carbonyl (C=O) groups is 2. The van der Waals surface area contributed by atoms with E-state index in [0.29, 0.717) is 38.2 Å². The third-order valence-corrected chi connectivity index (χ3v) is 4.63. The van der Waals surface area contributed by atoms with E-state index in [-0.39, 0.29) is 18.0 Å². The number of hydrogen-bond donors (Lipinski definition) is 1. The standard InChI is InChI=1S/C16H22N4O3/c1-23-16(22)20-7-4-13-11(10-20)8-18-9-14(13)15(21)19-5-2-12(17)3-6-19/h8-9,12H,2-7,10,17H2,1H3. The molecule has 0 aromatic carbocycles. The van der Waals surface area contributed by atoms with Crippen LogP contribution >= 0.6 is 0 Å². The molecule has 0 saturated carbocycles. The van der Waals surface area contributed by atoms with Gasteiger partial charge in [0.25, 0.3) is 5.91 Å². The predicted octanol–water partition coefficient (Wildman–Crippen LogP) is 0.769.